The van der Waals surface area contributed by atoms with Gasteiger partial charge in [0.2, 0.25) is 0 Å². The van der Waals surface area contributed by atoms with Gasteiger partial charge in [-0.25, -0.2) is 9.89 Å². The van der Waals surface area contributed by atoms with Gasteiger partial charge in [0.05, 0.1) is 6.61 Å². The predicted octanol–water partition coefficient (Wildman–Crippen LogP) is 0.615. The number of carbonyl (C=O) groups is 1. The highest BCUT2D eigenvalue weighted by molar-refractivity contribution is 7.99. The summed E-state index contributed by atoms with van der Waals surface area (Å²) in [6, 6.07) is -0.312. The molecule has 7 nitrogen and oxygen atoms in total. The summed E-state index contributed by atoms with van der Waals surface area (Å²) >= 11 is 1.45. The van der Waals surface area contributed by atoms with Crippen LogP contribution in [0.25, 0.3) is 0 Å². The average Bonchev–Trinajstić information content (AvgIpc) is 2.78. The average molecular weight is 302 g/mol. The molecular formula is C12H22N4O3S. The monoisotopic (exact) mass is 302 g/mol. The Bertz CT molecular complexity index is 472. The molecule has 114 valence electrons. The van der Waals surface area contributed by atoms with E-state index in [-0.39, 0.29) is 17.7 Å². The molecule has 8 heteroatoms. The SMILES string of the molecule is CCNC(CCSc1n[nH]c(=O)n1CC)C(=O)OCC. The van der Waals surface area contributed by atoms with Gasteiger partial charge in [-0.3, -0.25) is 9.36 Å². The first-order valence-corrected chi connectivity index (χ1v) is 7.80. The van der Waals surface area contributed by atoms with Crippen LogP contribution in [-0.2, 0) is 16.1 Å². The molecule has 0 aliphatic carbocycles. The van der Waals surface area contributed by atoms with Gasteiger partial charge in [-0.1, -0.05) is 18.7 Å². The molecule has 0 aromatic carbocycles. The molecule has 0 saturated carbocycles. The van der Waals surface area contributed by atoms with Gasteiger partial charge in [0.1, 0.15) is 6.04 Å². The van der Waals surface area contributed by atoms with E-state index < -0.39 is 0 Å². The van der Waals surface area contributed by atoms with Crippen LogP contribution in [0.2, 0.25) is 0 Å². The topological polar surface area (TPSA) is 89.0 Å². The van der Waals surface area contributed by atoms with Gasteiger partial charge in [-0.15, -0.1) is 5.10 Å². The molecule has 1 heterocycles. The number of aromatic nitrogens is 3. The number of H-pyrrole nitrogens is 1. The minimum Gasteiger partial charge on any atom is -0.465 e. The van der Waals surface area contributed by atoms with Crippen molar-refractivity contribution in [3.63, 3.8) is 0 Å². The summed E-state index contributed by atoms with van der Waals surface area (Å²) in [5, 5.41) is 10.1. The molecule has 0 aliphatic heterocycles. The van der Waals surface area contributed by atoms with Crippen molar-refractivity contribution in [3.05, 3.63) is 10.5 Å². The Morgan fingerprint density at radius 1 is 1.50 bits per heavy atom. The lowest BCUT2D eigenvalue weighted by Gasteiger charge is -2.15. The third-order valence-electron chi connectivity index (χ3n) is 2.70. The second-order valence-electron chi connectivity index (χ2n) is 4.06. The zero-order chi connectivity index (χ0) is 15.0. The molecule has 1 unspecified atom stereocenters. The Kier molecular flexibility index (Phi) is 7.38. The van der Waals surface area contributed by atoms with Gasteiger partial charge in [0, 0.05) is 12.3 Å². The fraction of sp³-hybridized carbons (Fsp3) is 0.750. The summed E-state index contributed by atoms with van der Waals surface area (Å²) in [5.41, 5.74) is -0.205. The lowest BCUT2D eigenvalue weighted by atomic mass is 10.2. The molecule has 2 N–H and O–H groups in total. The van der Waals surface area contributed by atoms with Crippen molar-refractivity contribution in [2.75, 3.05) is 18.9 Å². The second-order valence-corrected chi connectivity index (χ2v) is 5.12. The first-order valence-electron chi connectivity index (χ1n) is 6.81. The summed E-state index contributed by atoms with van der Waals surface area (Å²) < 4.78 is 6.59. The Hall–Kier alpha value is -1.28. The molecule has 0 saturated heterocycles. The fourth-order valence-corrected chi connectivity index (χ4v) is 2.77. The van der Waals surface area contributed by atoms with Crippen molar-refractivity contribution >= 4 is 17.7 Å². The van der Waals surface area contributed by atoms with Crippen molar-refractivity contribution < 1.29 is 9.53 Å². The maximum Gasteiger partial charge on any atom is 0.343 e. The fourth-order valence-electron chi connectivity index (χ4n) is 1.75. The van der Waals surface area contributed by atoms with Crippen LogP contribution >= 0.6 is 11.8 Å². The van der Waals surface area contributed by atoms with Crippen LogP contribution in [0.4, 0.5) is 0 Å². The van der Waals surface area contributed by atoms with Gasteiger partial charge in [0.15, 0.2) is 5.16 Å². The van der Waals surface area contributed by atoms with Crippen molar-refractivity contribution in [3.8, 4) is 0 Å². The number of esters is 1. The van der Waals surface area contributed by atoms with Gasteiger partial charge in [0.25, 0.3) is 0 Å². The van der Waals surface area contributed by atoms with Gasteiger partial charge in [-0.2, -0.15) is 0 Å². The minimum absolute atomic E-state index is 0.205. The van der Waals surface area contributed by atoms with Gasteiger partial charge >= 0.3 is 11.7 Å². The maximum atomic E-state index is 11.7. The minimum atomic E-state index is -0.312. The summed E-state index contributed by atoms with van der Waals surface area (Å²) in [5.74, 6) is 0.450. The van der Waals surface area contributed by atoms with Gasteiger partial charge in [-0.05, 0) is 26.8 Å². The molecule has 0 spiro atoms. The molecule has 0 aliphatic rings. The standard InChI is InChI=1S/C12H22N4O3S/c1-4-13-9(10(17)19-6-3)7-8-20-12-15-14-11(18)16(12)5-2/h9,13H,4-8H2,1-3H3,(H,14,18). The summed E-state index contributed by atoms with van der Waals surface area (Å²) in [6.45, 7) is 7.28. The summed E-state index contributed by atoms with van der Waals surface area (Å²) in [6.07, 6.45) is 0.627. The third kappa shape index (κ3) is 4.68. The number of nitrogens with zero attached hydrogens (tertiary/aromatic N) is 2. The predicted molar refractivity (Wildman–Crippen MR) is 78.0 cm³/mol. The van der Waals surface area contributed by atoms with Crippen LogP contribution in [0.3, 0.4) is 0 Å². The van der Waals surface area contributed by atoms with Crippen molar-refractivity contribution in [2.24, 2.45) is 0 Å². The Morgan fingerprint density at radius 2 is 2.25 bits per heavy atom. The first-order chi connectivity index (χ1) is 9.63. The van der Waals surface area contributed by atoms with Crippen molar-refractivity contribution in [2.45, 2.75) is 44.9 Å². The van der Waals surface area contributed by atoms with E-state index in [1.54, 1.807) is 11.5 Å². The number of carbonyl (C=O) groups excluding carboxylic acids is 1. The summed E-state index contributed by atoms with van der Waals surface area (Å²) in [4.78, 5) is 23.1. The highest BCUT2D eigenvalue weighted by Gasteiger charge is 2.18. The number of nitrogens with one attached hydrogen (secondary N) is 2. The van der Waals surface area contributed by atoms with Crippen LogP contribution in [0.5, 0.6) is 0 Å². The van der Waals surface area contributed by atoms with Crippen LogP contribution in [0, 0.1) is 0 Å². The maximum absolute atomic E-state index is 11.7. The Morgan fingerprint density at radius 3 is 2.85 bits per heavy atom. The highest BCUT2D eigenvalue weighted by Crippen LogP contribution is 2.15. The highest BCUT2D eigenvalue weighted by atomic mass is 32.2. The van der Waals surface area contributed by atoms with Gasteiger partial charge < -0.3 is 10.1 Å². The van der Waals surface area contributed by atoms with Crippen LogP contribution < -0.4 is 11.0 Å². The molecule has 1 rings (SSSR count). The Labute approximate surface area is 122 Å². The van der Waals surface area contributed by atoms with E-state index in [2.05, 4.69) is 15.5 Å². The van der Waals surface area contributed by atoms with E-state index in [0.29, 0.717) is 37.0 Å². The number of thioether (sulfide) groups is 1. The molecular weight excluding hydrogens is 280 g/mol. The smallest absolute Gasteiger partial charge is 0.343 e. The summed E-state index contributed by atoms with van der Waals surface area (Å²) in [7, 11) is 0. The van der Waals surface area contributed by atoms with E-state index in [4.69, 9.17) is 4.74 Å². The number of rotatable bonds is 9. The molecule has 20 heavy (non-hydrogen) atoms. The van der Waals surface area contributed by atoms with Crippen molar-refractivity contribution in [1.29, 1.82) is 0 Å². The first kappa shape index (κ1) is 16.8. The van der Waals surface area contributed by atoms with Crippen LogP contribution in [-0.4, -0.2) is 45.7 Å². The number of likely N-dealkylation sites (N-methyl/N-ethyl adjacent to an activating group) is 1. The molecule has 0 radical (unpaired) electrons. The van der Waals surface area contributed by atoms with E-state index in [0.717, 1.165) is 0 Å². The number of hydrogen-bond donors (Lipinski definition) is 2. The number of aromatic amines is 1. The largest absolute Gasteiger partial charge is 0.465 e. The van der Waals surface area contributed by atoms with Crippen molar-refractivity contribution in [1.82, 2.24) is 20.1 Å². The molecule has 0 bridgehead atoms. The molecule has 1 aromatic heterocycles. The zero-order valence-corrected chi connectivity index (χ0v) is 13.0. The quantitative estimate of drug-likeness (QED) is 0.513. The lowest BCUT2D eigenvalue weighted by molar-refractivity contribution is -0.145. The Balaban J connectivity index is 2.51. The normalized spacial score (nSPS) is 12.3. The number of hydrogen-bond acceptors (Lipinski definition) is 6. The van der Waals surface area contributed by atoms with E-state index in [9.17, 15) is 9.59 Å². The van der Waals surface area contributed by atoms with E-state index in [1.807, 2.05) is 13.8 Å². The van der Waals surface area contributed by atoms with E-state index in [1.165, 1.54) is 11.8 Å². The lowest BCUT2D eigenvalue weighted by Crippen LogP contribution is -2.38. The molecule has 1 atom stereocenters. The van der Waals surface area contributed by atoms with E-state index >= 15 is 0 Å². The number of ether oxygens (including phenoxy) is 1. The molecule has 0 amide bonds. The zero-order valence-electron chi connectivity index (χ0n) is 12.1. The molecule has 0 fully saturated rings. The second kappa shape index (κ2) is 8.80. The van der Waals surface area contributed by atoms with Crippen LogP contribution in [0.1, 0.15) is 27.2 Å². The molecule has 1 aromatic rings. The third-order valence-corrected chi connectivity index (χ3v) is 3.71. The van der Waals surface area contributed by atoms with Crippen LogP contribution in [0.15, 0.2) is 9.95 Å².